The van der Waals surface area contributed by atoms with Crippen LogP contribution in [0, 0.1) is 5.82 Å². The molecule has 1 aromatic heterocycles. The lowest BCUT2D eigenvalue weighted by molar-refractivity contribution is -0.120. The zero-order valence-electron chi connectivity index (χ0n) is 11.6. The highest BCUT2D eigenvalue weighted by Crippen LogP contribution is 2.20. The number of sulfonamides is 1. The van der Waals surface area contributed by atoms with E-state index < -0.39 is 10.0 Å². The van der Waals surface area contributed by atoms with Crippen LogP contribution < -0.4 is 10.5 Å². The van der Waals surface area contributed by atoms with Gasteiger partial charge < -0.3 is 5.32 Å². The third kappa shape index (κ3) is 4.90. The van der Waals surface area contributed by atoms with Crippen molar-refractivity contribution in [3.05, 3.63) is 52.7 Å². The molecule has 8 heteroatoms. The van der Waals surface area contributed by atoms with Crippen molar-refractivity contribution in [3.63, 3.8) is 0 Å². The van der Waals surface area contributed by atoms with E-state index >= 15 is 0 Å². The second-order valence-electron chi connectivity index (χ2n) is 4.67. The summed E-state index contributed by atoms with van der Waals surface area (Å²) in [6.07, 6.45) is 0.611. The fourth-order valence-electron chi connectivity index (χ4n) is 1.87. The largest absolute Gasteiger partial charge is 0.355 e. The molecule has 0 aliphatic carbocycles. The minimum atomic E-state index is -3.67. The van der Waals surface area contributed by atoms with Crippen molar-refractivity contribution in [2.45, 2.75) is 17.1 Å². The van der Waals surface area contributed by atoms with E-state index in [9.17, 15) is 17.6 Å². The molecule has 0 atom stereocenters. The van der Waals surface area contributed by atoms with Crippen LogP contribution in [-0.4, -0.2) is 20.9 Å². The summed E-state index contributed by atoms with van der Waals surface area (Å²) in [5.74, 6) is -0.590. The van der Waals surface area contributed by atoms with Gasteiger partial charge in [0.05, 0.1) is 6.42 Å². The highest BCUT2D eigenvalue weighted by molar-refractivity contribution is 7.91. The van der Waals surface area contributed by atoms with Crippen LogP contribution in [0.15, 0.2) is 40.6 Å². The van der Waals surface area contributed by atoms with Crippen LogP contribution in [0.5, 0.6) is 0 Å². The lowest BCUT2D eigenvalue weighted by atomic mass is 10.1. The summed E-state index contributed by atoms with van der Waals surface area (Å²) in [6.45, 7) is 0.374. The average Bonchev–Trinajstić information content (AvgIpc) is 2.87. The molecule has 0 unspecified atom stereocenters. The Bertz CT molecular complexity index is 772. The molecule has 0 radical (unpaired) electrons. The van der Waals surface area contributed by atoms with Crippen molar-refractivity contribution in [1.82, 2.24) is 5.32 Å². The normalized spacial score (nSPS) is 11.4. The fraction of sp³-hybridized carbons (Fsp3) is 0.214. The first-order valence-electron chi connectivity index (χ1n) is 6.47. The van der Waals surface area contributed by atoms with Crippen LogP contribution in [0.25, 0.3) is 0 Å². The maximum absolute atomic E-state index is 13.0. The van der Waals surface area contributed by atoms with Crippen LogP contribution >= 0.6 is 11.3 Å². The Morgan fingerprint density at radius 1 is 1.27 bits per heavy atom. The van der Waals surface area contributed by atoms with Gasteiger partial charge in [-0.2, -0.15) is 0 Å². The predicted molar refractivity (Wildman–Crippen MR) is 82.5 cm³/mol. The topological polar surface area (TPSA) is 89.3 Å². The number of thiophene rings is 1. The molecule has 1 heterocycles. The number of halogens is 1. The van der Waals surface area contributed by atoms with Gasteiger partial charge in [0.25, 0.3) is 0 Å². The second-order valence-corrected chi connectivity index (χ2v) is 7.63. The number of hydrogen-bond donors (Lipinski definition) is 2. The minimum absolute atomic E-state index is 0.102. The molecular weight excluding hydrogens is 327 g/mol. The predicted octanol–water partition coefficient (Wildman–Crippen LogP) is 1.44. The van der Waals surface area contributed by atoms with E-state index in [1.807, 2.05) is 0 Å². The maximum Gasteiger partial charge on any atom is 0.247 e. The first kappa shape index (κ1) is 16.6. The molecule has 0 bridgehead atoms. The smallest absolute Gasteiger partial charge is 0.247 e. The van der Waals surface area contributed by atoms with Crippen LogP contribution in [0.1, 0.15) is 10.4 Å². The summed E-state index contributed by atoms with van der Waals surface area (Å²) in [5, 5.41) is 7.74. The van der Waals surface area contributed by atoms with Crippen LogP contribution in [0.2, 0.25) is 0 Å². The molecule has 0 aliphatic heterocycles. The van der Waals surface area contributed by atoms with Crippen molar-refractivity contribution >= 4 is 27.3 Å². The van der Waals surface area contributed by atoms with E-state index in [2.05, 4.69) is 5.32 Å². The Kier molecular flexibility index (Phi) is 5.28. The summed E-state index contributed by atoms with van der Waals surface area (Å²) in [5.41, 5.74) is 0.602. The molecule has 0 aliphatic rings. The molecule has 1 amide bonds. The number of carbonyl (C=O) groups excluding carboxylic acids is 1. The van der Waals surface area contributed by atoms with Gasteiger partial charge in [0.15, 0.2) is 0 Å². The van der Waals surface area contributed by atoms with Gasteiger partial charge >= 0.3 is 0 Å². The van der Waals surface area contributed by atoms with Gasteiger partial charge in [0.1, 0.15) is 10.0 Å². The minimum Gasteiger partial charge on any atom is -0.355 e. The standard InChI is InChI=1S/C14H15FN2O3S2/c15-11-3-1-2-10(8-11)9-13(18)17-7-6-12-4-5-14(21-12)22(16,19)20/h1-5,8H,6-7,9H2,(H,17,18)(H2,16,19,20). The molecule has 118 valence electrons. The molecule has 5 nitrogen and oxygen atoms in total. The third-order valence-corrected chi connectivity index (χ3v) is 5.45. The summed E-state index contributed by atoms with van der Waals surface area (Å²) < 4.78 is 35.4. The molecule has 22 heavy (non-hydrogen) atoms. The van der Waals surface area contributed by atoms with Crippen LogP contribution in [0.4, 0.5) is 4.39 Å². The zero-order chi connectivity index (χ0) is 16.2. The van der Waals surface area contributed by atoms with Gasteiger partial charge in [-0.15, -0.1) is 11.3 Å². The zero-order valence-corrected chi connectivity index (χ0v) is 13.2. The van der Waals surface area contributed by atoms with E-state index in [0.29, 0.717) is 18.5 Å². The van der Waals surface area contributed by atoms with Crippen molar-refractivity contribution in [1.29, 1.82) is 0 Å². The Labute approximate surface area is 132 Å². The lowest BCUT2D eigenvalue weighted by Gasteiger charge is -2.04. The van der Waals surface area contributed by atoms with Crippen molar-refractivity contribution in [2.75, 3.05) is 6.54 Å². The quantitative estimate of drug-likeness (QED) is 0.832. The van der Waals surface area contributed by atoms with E-state index in [1.54, 1.807) is 18.2 Å². The van der Waals surface area contributed by atoms with Gasteiger partial charge in [0, 0.05) is 11.4 Å². The Morgan fingerprint density at radius 3 is 2.68 bits per heavy atom. The number of nitrogens with two attached hydrogens (primary N) is 1. The molecule has 2 aromatic rings. The lowest BCUT2D eigenvalue weighted by Crippen LogP contribution is -2.27. The van der Waals surface area contributed by atoms with Crippen molar-refractivity contribution in [2.24, 2.45) is 5.14 Å². The Hall–Kier alpha value is -1.77. The number of carbonyl (C=O) groups is 1. The number of primary sulfonamides is 1. The monoisotopic (exact) mass is 342 g/mol. The summed E-state index contributed by atoms with van der Waals surface area (Å²) in [7, 11) is -3.67. The number of hydrogen-bond acceptors (Lipinski definition) is 4. The molecule has 0 saturated heterocycles. The average molecular weight is 342 g/mol. The molecule has 0 spiro atoms. The SMILES string of the molecule is NS(=O)(=O)c1ccc(CCNC(=O)Cc2cccc(F)c2)s1. The number of rotatable bonds is 6. The molecule has 3 N–H and O–H groups in total. The van der Waals surface area contributed by atoms with Crippen LogP contribution in [0.3, 0.4) is 0 Å². The third-order valence-electron chi connectivity index (χ3n) is 2.86. The number of benzene rings is 1. The molecular formula is C14H15FN2O3S2. The second kappa shape index (κ2) is 6.99. The van der Waals surface area contributed by atoms with E-state index in [-0.39, 0.29) is 22.4 Å². The summed E-state index contributed by atoms with van der Waals surface area (Å²) >= 11 is 1.08. The van der Waals surface area contributed by atoms with Gasteiger partial charge in [-0.1, -0.05) is 12.1 Å². The van der Waals surface area contributed by atoms with Gasteiger partial charge in [0.2, 0.25) is 15.9 Å². The first-order chi connectivity index (χ1) is 10.3. The summed E-state index contributed by atoms with van der Waals surface area (Å²) in [4.78, 5) is 12.5. The van der Waals surface area contributed by atoms with Gasteiger partial charge in [-0.25, -0.2) is 17.9 Å². The van der Waals surface area contributed by atoms with Gasteiger partial charge in [-0.05, 0) is 36.2 Å². The number of nitrogens with one attached hydrogen (secondary N) is 1. The fourth-order valence-corrected chi connectivity index (χ4v) is 3.64. The Morgan fingerprint density at radius 2 is 2.05 bits per heavy atom. The first-order valence-corrected chi connectivity index (χ1v) is 8.83. The van der Waals surface area contributed by atoms with E-state index in [0.717, 1.165) is 16.2 Å². The molecule has 0 fully saturated rings. The highest BCUT2D eigenvalue weighted by atomic mass is 32.2. The summed E-state index contributed by atoms with van der Waals surface area (Å²) in [6, 6.07) is 8.99. The number of amides is 1. The maximum atomic E-state index is 13.0. The molecule has 1 aromatic carbocycles. The van der Waals surface area contributed by atoms with Crippen molar-refractivity contribution in [3.8, 4) is 0 Å². The van der Waals surface area contributed by atoms with Crippen LogP contribution in [-0.2, 0) is 27.7 Å². The van der Waals surface area contributed by atoms with Crippen molar-refractivity contribution < 1.29 is 17.6 Å². The van der Waals surface area contributed by atoms with E-state index in [4.69, 9.17) is 5.14 Å². The Balaban J connectivity index is 1.81. The molecule has 0 saturated carbocycles. The van der Waals surface area contributed by atoms with E-state index in [1.165, 1.54) is 18.2 Å². The van der Waals surface area contributed by atoms with Gasteiger partial charge in [-0.3, -0.25) is 4.79 Å². The highest BCUT2D eigenvalue weighted by Gasteiger charge is 2.11. The molecule has 2 rings (SSSR count).